The molecule has 0 fully saturated rings. The van der Waals surface area contributed by atoms with Crippen LogP contribution in [0.25, 0.3) is 33.4 Å². The molecule has 0 aromatic heterocycles. The van der Waals surface area contributed by atoms with Crippen LogP contribution in [0.1, 0.15) is 23.7 Å². The quantitative estimate of drug-likeness (QED) is 0.227. The molecule has 1 aliphatic heterocycles. The summed E-state index contributed by atoms with van der Waals surface area (Å²) in [6.45, 7) is 2.14. The van der Waals surface area contributed by atoms with E-state index in [1.165, 1.54) is 12.1 Å². The lowest BCUT2D eigenvalue weighted by Crippen LogP contribution is -2.09. The predicted octanol–water partition coefficient (Wildman–Crippen LogP) is 7.45. The first kappa shape index (κ1) is 22.7. The fourth-order valence-corrected chi connectivity index (χ4v) is 4.42. The van der Waals surface area contributed by atoms with Crippen LogP contribution in [-0.4, -0.2) is 17.7 Å². The lowest BCUT2D eigenvalue weighted by atomic mass is 9.90. The van der Waals surface area contributed by atoms with Gasteiger partial charge in [-0.25, -0.2) is 4.79 Å². The zero-order valence-electron chi connectivity index (χ0n) is 16.5. The zero-order valence-corrected chi connectivity index (χ0v) is 19.5. The van der Waals surface area contributed by atoms with Crippen LogP contribution in [0.15, 0.2) is 45.6 Å². The third-order valence-corrected chi connectivity index (χ3v) is 6.14. The maximum Gasteiger partial charge on any atom is 0.338 e. The van der Waals surface area contributed by atoms with E-state index in [9.17, 15) is 14.7 Å². The average molecular weight is 512 g/mol. The molecule has 32 heavy (non-hydrogen) atoms. The summed E-state index contributed by atoms with van der Waals surface area (Å²) in [5, 5.41) is 10.0. The van der Waals surface area contributed by atoms with Crippen LogP contribution in [0.5, 0.6) is 5.75 Å². The Hall–Kier alpha value is -2.44. The van der Waals surface area contributed by atoms with Gasteiger partial charge in [-0.2, -0.15) is 0 Å². The molecule has 4 rings (SSSR count). The van der Waals surface area contributed by atoms with E-state index < -0.39 is 17.1 Å². The first-order valence-corrected chi connectivity index (χ1v) is 11.0. The first-order chi connectivity index (χ1) is 15.3. The second-order valence-corrected chi connectivity index (χ2v) is 8.50. The summed E-state index contributed by atoms with van der Waals surface area (Å²) in [5.74, 6) is -0.917. The Labute approximate surface area is 202 Å². The molecular formula is C23H14Cl4O5. The second-order valence-electron chi connectivity index (χ2n) is 6.93. The number of halogens is 4. The van der Waals surface area contributed by atoms with Crippen LogP contribution in [-0.2, 0) is 4.74 Å². The lowest BCUT2D eigenvalue weighted by Gasteiger charge is -2.19. The van der Waals surface area contributed by atoms with Gasteiger partial charge in [-0.3, -0.25) is 4.79 Å². The number of hydrogen-bond donors (Lipinski definition) is 1. The molecule has 9 heteroatoms. The van der Waals surface area contributed by atoms with Crippen LogP contribution < -0.4 is 5.43 Å². The highest BCUT2D eigenvalue weighted by Gasteiger charge is 2.28. The van der Waals surface area contributed by atoms with Crippen molar-refractivity contribution < 1.29 is 19.1 Å². The van der Waals surface area contributed by atoms with Crippen molar-refractivity contribution in [2.24, 2.45) is 0 Å². The van der Waals surface area contributed by atoms with Gasteiger partial charge in [0.25, 0.3) is 0 Å². The van der Waals surface area contributed by atoms with Gasteiger partial charge < -0.3 is 14.3 Å². The molecular weight excluding hydrogens is 498 g/mol. The maximum atomic E-state index is 12.8. The molecule has 1 N–H and O–H groups in total. The standard InChI is InChI=1S/C23H14Cl4O5/c1-2-7-31-23(30)11-6-4-3-5-10(11)16-12-8-14(24)19(28)17(26)21(12)32-22-13(16)9-15(25)20(29)18(22)27/h3-6,8-9,28H,2,7H2,1H3. The topological polar surface area (TPSA) is 76.7 Å². The SMILES string of the molecule is CCCOC(=O)c1ccccc1-c1c2cc(Cl)c(=O)c(Cl)c-2oc2c(Cl)c(O)c(Cl)cc12. The van der Waals surface area contributed by atoms with Crippen molar-refractivity contribution in [3.05, 3.63) is 72.3 Å². The summed E-state index contributed by atoms with van der Waals surface area (Å²) in [6.07, 6.45) is 0.659. The Kier molecular flexibility index (Phi) is 6.28. The fourth-order valence-electron chi connectivity index (χ4n) is 3.44. The van der Waals surface area contributed by atoms with Crippen LogP contribution in [0.4, 0.5) is 0 Å². The number of carbonyl (C=O) groups excluding carboxylic acids is 1. The minimum atomic E-state index is -0.625. The second kappa shape index (κ2) is 8.83. The van der Waals surface area contributed by atoms with Gasteiger partial charge >= 0.3 is 5.97 Å². The summed E-state index contributed by atoms with van der Waals surface area (Å²) < 4.78 is 11.2. The molecule has 0 unspecified atom stereocenters. The third kappa shape index (κ3) is 3.69. The highest BCUT2D eigenvalue weighted by molar-refractivity contribution is 6.41. The normalized spacial score (nSPS) is 11.3. The summed E-state index contributed by atoms with van der Waals surface area (Å²) in [7, 11) is 0. The molecule has 1 aliphatic carbocycles. The van der Waals surface area contributed by atoms with Crippen LogP contribution >= 0.6 is 46.4 Å². The number of carbonyl (C=O) groups is 1. The Morgan fingerprint density at radius 2 is 1.75 bits per heavy atom. The Morgan fingerprint density at radius 3 is 2.47 bits per heavy atom. The Bertz CT molecular complexity index is 1410. The summed E-state index contributed by atoms with van der Waals surface area (Å²) in [4.78, 5) is 25.2. The van der Waals surface area contributed by atoms with Crippen molar-refractivity contribution in [1.29, 1.82) is 0 Å². The van der Waals surface area contributed by atoms with E-state index >= 15 is 0 Å². The van der Waals surface area contributed by atoms with Gasteiger partial charge in [0.2, 0.25) is 5.43 Å². The van der Waals surface area contributed by atoms with E-state index in [0.29, 0.717) is 28.5 Å². The third-order valence-electron chi connectivity index (χ3n) is 4.88. The summed E-state index contributed by atoms with van der Waals surface area (Å²) in [6, 6.07) is 9.62. The minimum absolute atomic E-state index is 0.00363. The predicted molar refractivity (Wildman–Crippen MR) is 127 cm³/mol. The summed E-state index contributed by atoms with van der Waals surface area (Å²) >= 11 is 24.9. The van der Waals surface area contributed by atoms with Gasteiger partial charge in [0, 0.05) is 16.5 Å². The van der Waals surface area contributed by atoms with E-state index in [1.807, 2.05) is 6.92 Å². The number of phenolic OH excluding ortho intramolecular Hbond substituents is 1. The molecule has 0 spiro atoms. The van der Waals surface area contributed by atoms with Crippen LogP contribution in [0.3, 0.4) is 0 Å². The smallest absolute Gasteiger partial charge is 0.338 e. The lowest BCUT2D eigenvalue weighted by molar-refractivity contribution is 0.0506. The molecule has 2 aromatic rings. The monoisotopic (exact) mass is 510 g/mol. The van der Waals surface area contributed by atoms with Gasteiger partial charge in [0.15, 0.2) is 17.1 Å². The number of esters is 1. The van der Waals surface area contributed by atoms with E-state index in [4.69, 9.17) is 55.6 Å². The molecule has 5 nitrogen and oxygen atoms in total. The molecule has 164 valence electrons. The highest BCUT2D eigenvalue weighted by Crippen LogP contribution is 2.49. The minimum Gasteiger partial charge on any atom is -0.505 e. The molecule has 0 radical (unpaired) electrons. The van der Waals surface area contributed by atoms with Crippen molar-refractivity contribution in [3.63, 3.8) is 0 Å². The van der Waals surface area contributed by atoms with Gasteiger partial charge in [0.05, 0.1) is 22.2 Å². The van der Waals surface area contributed by atoms with Crippen molar-refractivity contribution in [1.82, 2.24) is 0 Å². The fraction of sp³-hybridized carbons (Fsp3) is 0.130. The molecule has 0 atom stereocenters. The van der Waals surface area contributed by atoms with Gasteiger partial charge in [-0.1, -0.05) is 71.5 Å². The van der Waals surface area contributed by atoms with Gasteiger partial charge in [-0.05, 0) is 30.2 Å². The Balaban J connectivity index is 2.20. The highest BCUT2D eigenvalue weighted by atomic mass is 35.5. The number of benzene rings is 3. The molecule has 0 saturated carbocycles. The van der Waals surface area contributed by atoms with Crippen molar-refractivity contribution in [3.8, 4) is 28.2 Å². The zero-order chi connectivity index (χ0) is 23.2. The van der Waals surface area contributed by atoms with Crippen molar-refractivity contribution >= 4 is 63.3 Å². The summed E-state index contributed by atoms with van der Waals surface area (Å²) in [5.41, 5.74) is 0.950. The maximum absolute atomic E-state index is 12.8. The van der Waals surface area contributed by atoms with Crippen LogP contribution in [0.2, 0.25) is 20.1 Å². The number of hydrogen-bond acceptors (Lipinski definition) is 5. The molecule has 2 aromatic carbocycles. The number of ether oxygens (including phenoxy) is 1. The molecule has 0 saturated heterocycles. The number of aromatic hydroxyl groups is 1. The van der Waals surface area contributed by atoms with E-state index in [0.717, 1.165) is 0 Å². The Morgan fingerprint density at radius 1 is 1.03 bits per heavy atom. The van der Waals surface area contributed by atoms with Crippen molar-refractivity contribution in [2.75, 3.05) is 6.61 Å². The van der Waals surface area contributed by atoms with E-state index in [2.05, 4.69) is 0 Å². The van der Waals surface area contributed by atoms with E-state index in [1.54, 1.807) is 24.3 Å². The van der Waals surface area contributed by atoms with Gasteiger partial charge in [0.1, 0.15) is 10.0 Å². The molecule has 0 bridgehead atoms. The average Bonchev–Trinajstić information content (AvgIpc) is 2.79. The first-order valence-electron chi connectivity index (χ1n) is 9.48. The molecule has 2 aliphatic rings. The van der Waals surface area contributed by atoms with Gasteiger partial charge in [-0.15, -0.1) is 0 Å². The largest absolute Gasteiger partial charge is 0.505 e. The number of fused-ring (bicyclic) bond motifs is 2. The molecule has 1 heterocycles. The number of phenols is 1. The molecule has 0 amide bonds. The van der Waals surface area contributed by atoms with E-state index in [-0.39, 0.29) is 43.6 Å². The number of rotatable bonds is 4. The van der Waals surface area contributed by atoms with Crippen molar-refractivity contribution in [2.45, 2.75) is 13.3 Å². The van der Waals surface area contributed by atoms with Crippen LogP contribution in [0, 0.1) is 0 Å².